The van der Waals surface area contributed by atoms with Crippen LogP contribution in [0.15, 0.2) is 60.7 Å². The van der Waals surface area contributed by atoms with E-state index in [1.807, 2.05) is 6.07 Å². The molecular weight excluding hydrogens is 356 g/mol. The summed E-state index contributed by atoms with van der Waals surface area (Å²) in [6.45, 7) is 2.15. The third kappa shape index (κ3) is 4.32. The van der Waals surface area contributed by atoms with Gasteiger partial charge in [0.2, 0.25) is 0 Å². The van der Waals surface area contributed by atoms with E-state index in [-0.39, 0.29) is 0 Å². The van der Waals surface area contributed by atoms with Crippen molar-refractivity contribution < 1.29 is 9.47 Å². The number of methoxy groups -OCH3 is 2. The molecule has 3 aromatic rings. The van der Waals surface area contributed by atoms with Gasteiger partial charge in [0.05, 0.1) is 14.2 Å². The van der Waals surface area contributed by atoms with Crippen molar-refractivity contribution >= 4 is 0 Å². The van der Waals surface area contributed by atoms with Crippen molar-refractivity contribution in [3.8, 4) is 11.5 Å². The molecule has 0 spiro atoms. The molecule has 0 aliphatic heterocycles. The van der Waals surface area contributed by atoms with E-state index in [1.165, 1.54) is 40.7 Å². The fourth-order valence-corrected chi connectivity index (χ4v) is 4.63. The number of benzene rings is 3. The summed E-state index contributed by atoms with van der Waals surface area (Å²) in [5.41, 5.74) is 8.71. The second-order valence-corrected chi connectivity index (χ2v) is 8.10. The Morgan fingerprint density at radius 3 is 2.34 bits per heavy atom. The van der Waals surface area contributed by atoms with Gasteiger partial charge in [-0.1, -0.05) is 54.1 Å². The fraction of sp³-hybridized carbons (Fsp3) is 0.333. The Balaban J connectivity index is 1.54. The van der Waals surface area contributed by atoms with Crippen LogP contribution in [0.1, 0.15) is 45.7 Å². The quantitative estimate of drug-likeness (QED) is 0.491. The number of hydrogen-bond donors (Lipinski definition) is 0. The van der Waals surface area contributed by atoms with Crippen molar-refractivity contribution in [3.05, 3.63) is 94.0 Å². The summed E-state index contributed by atoms with van der Waals surface area (Å²) in [6, 6.07) is 22.2. The van der Waals surface area contributed by atoms with Crippen LogP contribution in [0.4, 0.5) is 0 Å². The Hall–Kier alpha value is -2.74. The fourth-order valence-electron chi connectivity index (χ4n) is 4.63. The molecule has 3 aromatic carbocycles. The maximum absolute atomic E-state index is 5.51. The predicted octanol–water partition coefficient (Wildman–Crippen LogP) is 6.07. The third-order valence-electron chi connectivity index (χ3n) is 6.19. The zero-order valence-corrected chi connectivity index (χ0v) is 17.7. The van der Waals surface area contributed by atoms with Gasteiger partial charge in [0, 0.05) is 0 Å². The molecule has 0 saturated heterocycles. The summed E-state index contributed by atoms with van der Waals surface area (Å²) in [4.78, 5) is 0. The molecule has 0 radical (unpaired) electrons. The highest BCUT2D eigenvalue weighted by Crippen LogP contribution is 2.39. The third-order valence-corrected chi connectivity index (χ3v) is 6.19. The minimum atomic E-state index is 0.581. The summed E-state index contributed by atoms with van der Waals surface area (Å²) in [6.07, 6.45) is 5.67. The Labute approximate surface area is 174 Å². The van der Waals surface area contributed by atoms with Crippen molar-refractivity contribution in [2.24, 2.45) is 0 Å². The average Bonchev–Trinajstić information content (AvgIpc) is 3.16. The molecule has 0 heterocycles. The van der Waals surface area contributed by atoms with Crippen LogP contribution in [0.3, 0.4) is 0 Å². The molecule has 1 unspecified atom stereocenters. The molecule has 2 nitrogen and oxygen atoms in total. The zero-order chi connectivity index (χ0) is 20.2. The van der Waals surface area contributed by atoms with E-state index in [2.05, 4.69) is 61.5 Å². The highest BCUT2D eigenvalue weighted by Gasteiger charge is 2.25. The van der Waals surface area contributed by atoms with E-state index in [9.17, 15) is 0 Å². The zero-order valence-electron chi connectivity index (χ0n) is 17.7. The topological polar surface area (TPSA) is 18.5 Å². The average molecular weight is 387 g/mol. The van der Waals surface area contributed by atoms with Crippen LogP contribution < -0.4 is 9.47 Å². The molecular formula is C27H30O2. The maximum Gasteiger partial charge on any atom is 0.160 e. The molecule has 150 valence electrons. The Morgan fingerprint density at radius 2 is 1.59 bits per heavy atom. The van der Waals surface area contributed by atoms with Crippen molar-refractivity contribution in [3.63, 3.8) is 0 Å². The van der Waals surface area contributed by atoms with E-state index in [0.717, 1.165) is 30.8 Å². The van der Waals surface area contributed by atoms with Gasteiger partial charge in [-0.15, -0.1) is 0 Å². The maximum atomic E-state index is 5.51. The van der Waals surface area contributed by atoms with Crippen LogP contribution in [0.25, 0.3) is 0 Å². The van der Waals surface area contributed by atoms with Crippen LogP contribution in [-0.2, 0) is 25.7 Å². The molecule has 0 N–H and O–H groups in total. The molecule has 0 fully saturated rings. The molecule has 4 rings (SSSR count). The van der Waals surface area contributed by atoms with Crippen molar-refractivity contribution in [2.75, 3.05) is 14.2 Å². The predicted molar refractivity (Wildman–Crippen MR) is 119 cm³/mol. The number of ether oxygens (including phenoxy) is 2. The van der Waals surface area contributed by atoms with Crippen molar-refractivity contribution in [1.29, 1.82) is 0 Å². The molecule has 2 heteroatoms. The molecule has 29 heavy (non-hydrogen) atoms. The molecule has 1 aliphatic carbocycles. The summed E-state index contributed by atoms with van der Waals surface area (Å²) >= 11 is 0. The first-order valence-electron chi connectivity index (χ1n) is 10.5. The van der Waals surface area contributed by atoms with Gasteiger partial charge in [0.15, 0.2) is 11.5 Å². The van der Waals surface area contributed by atoms with Crippen molar-refractivity contribution in [2.45, 2.75) is 44.9 Å². The first-order valence-corrected chi connectivity index (χ1v) is 10.5. The Morgan fingerprint density at radius 1 is 0.828 bits per heavy atom. The Bertz CT molecular complexity index is 972. The molecule has 1 atom stereocenters. The Kier molecular flexibility index (Phi) is 5.89. The lowest BCUT2D eigenvalue weighted by Crippen LogP contribution is -2.04. The second kappa shape index (κ2) is 8.73. The van der Waals surface area contributed by atoms with E-state index < -0.39 is 0 Å². The first-order chi connectivity index (χ1) is 14.2. The van der Waals surface area contributed by atoms with Gasteiger partial charge < -0.3 is 9.47 Å². The summed E-state index contributed by atoms with van der Waals surface area (Å²) < 4.78 is 10.9. The highest BCUT2D eigenvalue weighted by molar-refractivity contribution is 5.46. The van der Waals surface area contributed by atoms with Crippen LogP contribution in [0.2, 0.25) is 0 Å². The number of fused-ring (bicyclic) bond motifs is 1. The van der Waals surface area contributed by atoms with Gasteiger partial charge >= 0.3 is 0 Å². The molecule has 0 amide bonds. The van der Waals surface area contributed by atoms with Crippen LogP contribution >= 0.6 is 0 Å². The van der Waals surface area contributed by atoms with Gasteiger partial charge in [-0.2, -0.15) is 0 Å². The molecule has 0 bridgehead atoms. The van der Waals surface area contributed by atoms with Gasteiger partial charge in [0.25, 0.3) is 0 Å². The standard InChI is InChI=1S/C27H30O2/c1-19-7-9-20(10-8-19)11-13-22-5-4-6-23-14-15-24(27(22)23)17-21-12-16-25(28-2)26(18-21)29-3/h4-10,12,16,18,24H,11,13-15,17H2,1-3H3. The van der Waals surface area contributed by atoms with E-state index in [1.54, 1.807) is 19.8 Å². The normalized spacial score (nSPS) is 15.2. The minimum Gasteiger partial charge on any atom is -0.493 e. The first kappa shape index (κ1) is 19.6. The van der Waals surface area contributed by atoms with Gasteiger partial charge in [-0.25, -0.2) is 0 Å². The minimum absolute atomic E-state index is 0.581. The van der Waals surface area contributed by atoms with Crippen LogP contribution in [0.5, 0.6) is 11.5 Å². The van der Waals surface area contributed by atoms with Gasteiger partial charge in [-0.05, 0) is 84.9 Å². The molecule has 0 aromatic heterocycles. The highest BCUT2D eigenvalue weighted by atomic mass is 16.5. The number of hydrogen-bond acceptors (Lipinski definition) is 2. The van der Waals surface area contributed by atoms with Gasteiger partial charge in [-0.3, -0.25) is 0 Å². The summed E-state index contributed by atoms with van der Waals surface area (Å²) in [5, 5.41) is 0. The summed E-state index contributed by atoms with van der Waals surface area (Å²) in [5.74, 6) is 2.19. The number of rotatable bonds is 7. The van der Waals surface area contributed by atoms with Crippen LogP contribution in [-0.4, -0.2) is 14.2 Å². The second-order valence-electron chi connectivity index (χ2n) is 8.10. The lowest BCUT2D eigenvalue weighted by atomic mass is 9.88. The SMILES string of the molecule is COc1ccc(CC2CCc3cccc(CCc4ccc(C)cc4)c32)cc1OC. The smallest absolute Gasteiger partial charge is 0.160 e. The van der Waals surface area contributed by atoms with E-state index >= 15 is 0 Å². The monoisotopic (exact) mass is 386 g/mol. The lowest BCUT2D eigenvalue weighted by Gasteiger charge is -2.17. The number of aryl methyl sites for hydroxylation is 4. The van der Waals surface area contributed by atoms with Crippen molar-refractivity contribution in [1.82, 2.24) is 0 Å². The van der Waals surface area contributed by atoms with Crippen LogP contribution in [0, 0.1) is 6.92 Å². The van der Waals surface area contributed by atoms with E-state index in [4.69, 9.17) is 9.47 Å². The van der Waals surface area contributed by atoms with Gasteiger partial charge in [0.1, 0.15) is 0 Å². The molecule has 1 aliphatic rings. The largest absolute Gasteiger partial charge is 0.493 e. The van der Waals surface area contributed by atoms with E-state index in [0.29, 0.717) is 5.92 Å². The lowest BCUT2D eigenvalue weighted by molar-refractivity contribution is 0.354. The molecule has 0 saturated carbocycles. The summed E-state index contributed by atoms with van der Waals surface area (Å²) in [7, 11) is 3.39.